The number of rotatable bonds is 3. The lowest BCUT2D eigenvalue weighted by molar-refractivity contribution is -0.137. The van der Waals surface area contributed by atoms with Crippen molar-refractivity contribution in [3.8, 4) is 0 Å². The number of carbonyl (C=O) groups is 1. The van der Waals surface area contributed by atoms with Crippen LogP contribution in [0.25, 0.3) is 0 Å². The van der Waals surface area contributed by atoms with E-state index in [0.29, 0.717) is 18.6 Å². The van der Waals surface area contributed by atoms with Crippen molar-refractivity contribution in [2.45, 2.75) is 37.4 Å². The van der Waals surface area contributed by atoms with Gasteiger partial charge in [0, 0.05) is 12.5 Å². The van der Waals surface area contributed by atoms with Gasteiger partial charge in [0.15, 0.2) is 0 Å². The second kappa shape index (κ2) is 5.91. The van der Waals surface area contributed by atoms with E-state index in [1.807, 2.05) is 0 Å². The van der Waals surface area contributed by atoms with Crippen LogP contribution in [0, 0.1) is 5.92 Å². The molecule has 1 heterocycles. The molecule has 0 aromatic heterocycles. The summed E-state index contributed by atoms with van der Waals surface area (Å²) in [6.45, 7) is 1.25. The molecule has 1 aliphatic heterocycles. The molecule has 6 heteroatoms. The maximum Gasteiger partial charge on any atom is 0.416 e. The first kappa shape index (κ1) is 15.3. The smallest absolute Gasteiger partial charge is 0.379 e. The van der Waals surface area contributed by atoms with E-state index in [1.54, 1.807) is 6.07 Å². The molecule has 0 bridgehead atoms. The molecule has 2 fully saturated rings. The number of ether oxygens (including phenoxy) is 1. The molecule has 2 aliphatic rings. The molecule has 1 N–H and O–H groups in total. The van der Waals surface area contributed by atoms with Crippen molar-refractivity contribution in [1.29, 1.82) is 0 Å². The number of alkyl halides is 3. The number of hydrogen-bond acceptors (Lipinski definition) is 2. The molecule has 1 aromatic carbocycles. The van der Waals surface area contributed by atoms with Gasteiger partial charge in [0.05, 0.1) is 18.2 Å². The Hall–Kier alpha value is -1.56. The summed E-state index contributed by atoms with van der Waals surface area (Å²) in [7, 11) is 0. The monoisotopic (exact) mass is 313 g/mol. The van der Waals surface area contributed by atoms with Gasteiger partial charge in [-0.3, -0.25) is 4.79 Å². The minimum atomic E-state index is -4.35. The van der Waals surface area contributed by atoms with Crippen LogP contribution < -0.4 is 5.32 Å². The number of halogens is 3. The summed E-state index contributed by atoms with van der Waals surface area (Å²) in [6, 6.07) is 5.31. The van der Waals surface area contributed by atoms with E-state index in [4.69, 9.17) is 4.74 Å². The van der Waals surface area contributed by atoms with E-state index < -0.39 is 11.7 Å². The molecule has 1 aromatic rings. The molecule has 3 nitrogen and oxygen atoms in total. The van der Waals surface area contributed by atoms with Crippen LogP contribution in [0.3, 0.4) is 0 Å². The quantitative estimate of drug-likeness (QED) is 0.931. The third-order valence-electron chi connectivity index (χ3n) is 4.28. The van der Waals surface area contributed by atoms with Crippen molar-refractivity contribution in [3.05, 3.63) is 35.4 Å². The van der Waals surface area contributed by atoms with Crippen LogP contribution in [0.5, 0.6) is 0 Å². The van der Waals surface area contributed by atoms with Crippen LogP contribution in [-0.2, 0) is 15.7 Å². The first-order valence-corrected chi connectivity index (χ1v) is 7.50. The first-order valence-electron chi connectivity index (χ1n) is 7.50. The highest BCUT2D eigenvalue weighted by Crippen LogP contribution is 2.48. The Morgan fingerprint density at radius 3 is 2.82 bits per heavy atom. The summed E-state index contributed by atoms with van der Waals surface area (Å²) >= 11 is 0. The minimum Gasteiger partial charge on any atom is -0.379 e. The molecule has 0 spiro atoms. The Kier molecular flexibility index (Phi) is 4.12. The lowest BCUT2D eigenvalue weighted by Crippen LogP contribution is -2.41. The molecule has 1 saturated heterocycles. The summed E-state index contributed by atoms with van der Waals surface area (Å²) in [6.07, 6.45) is -1.91. The van der Waals surface area contributed by atoms with Crippen molar-refractivity contribution in [2.24, 2.45) is 5.92 Å². The standard InChI is InChI=1S/C16H18F3NO2/c17-16(18,19)11-4-1-3-10(7-11)13-8-14(13)15(21)20-12-5-2-6-22-9-12/h1,3-4,7,12-14H,2,5-6,8-9H2,(H,20,21). The van der Waals surface area contributed by atoms with Gasteiger partial charge >= 0.3 is 6.18 Å². The van der Waals surface area contributed by atoms with E-state index in [2.05, 4.69) is 5.32 Å². The van der Waals surface area contributed by atoms with Crippen molar-refractivity contribution in [2.75, 3.05) is 13.2 Å². The predicted molar refractivity (Wildman–Crippen MR) is 74.3 cm³/mol. The summed E-state index contributed by atoms with van der Waals surface area (Å²) in [5.41, 5.74) is -0.0633. The number of amides is 1. The van der Waals surface area contributed by atoms with E-state index >= 15 is 0 Å². The summed E-state index contributed by atoms with van der Waals surface area (Å²) < 4.78 is 43.5. The largest absolute Gasteiger partial charge is 0.416 e. The average Bonchev–Trinajstić information content (AvgIpc) is 3.28. The van der Waals surface area contributed by atoms with Gasteiger partial charge < -0.3 is 10.1 Å². The number of nitrogens with one attached hydrogen (secondary N) is 1. The maximum absolute atomic E-state index is 12.7. The third kappa shape index (κ3) is 3.43. The molecule has 3 rings (SSSR count). The van der Waals surface area contributed by atoms with Gasteiger partial charge in [-0.15, -0.1) is 0 Å². The fourth-order valence-electron chi connectivity index (χ4n) is 2.96. The fourth-order valence-corrected chi connectivity index (χ4v) is 2.96. The van der Waals surface area contributed by atoms with Gasteiger partial charge in [-0.2, -0.15) is 13.2 Å². The Bertz CT molecular complexity index is 553. The van der Waals surface area contributed by atoms with E-state index in [9.17, 15) is 18.0 Å². The van der Waals surface area contributed by atoms with Crippen LogP contribution in [0.2, 0.25) is 0 Å². The zero-order chi connectivity index (χ0) is 15.7. The number of benzene rings is 1. The van der Waals surface area contributed by atoms with Crippen molar-refractivity contribution in [3.63, 3.8) is 0 Å². The average molecular weight is 313 g/mol. The predicted octanol–water partition coefficient (Wildman–Crippen LogP) is 3.10. The lowest BCUT2D eigenvalue weighted by atomic mass is 10.0. The molecule has 3 unspecified atom stereocenters. The van der Waals surface area contributed by atoms with Gasteiger partial charge in [0.2, 0.25) is 5.91 Å². The highest BCUT2D eigenvalue weighted by molar-refractivity contribution is 5.83. The minimum absolute atomic E-state index is 0.0315. The Morgan fingerprint density at radius 2 is 2.14 bits per heavy atom. The van der Waals surface area contributed by atoms with Crippen LogP contribution >= 0.6 is 0 Å². The van der Waals surface area contributed by atoms with Gasteiger partial charge in [0.25, 0.3) is 0 Å². The van der Waals surface area contributed by atoms with E-state index in [0.717, 1.165) is 31.6 Å². The zero-order valence-corrected chi connectivity index (χ0v) is 12.0. The lowest BCUT2D eigenvalue weighted by Gasteiger charge is -2.23. The molecule has 1 aliphatic carbocycles. The highest BCUT2D eigenvalue weighted by atomic mass is 19.4. The molecule has 22 heavy (non-hydrogen) atoms. The van der Waals surface area contributed by atoms with Gasteiger partial charge in [-0.25, -0.2) is 0 Å². The van der Waals surface area contributed by atoms with Crippen molar-refractivity contribution < 1.29 is 22.7 Å². The topological polar surface area (TPSA) is 38.3 Å². The number of carbonyl (C=O) groups excluding carboxylic acids is 1. The molecule has 3 atom stereocenters. The SMILES string of the molecule is O=C(NC1CCCOC1)C1CC1c1cccc(C(F)(F)F)c1. The third-order valence-corrected chi connectivity index (χ3v) is 4.28. The highest BCUT2D eigenvalue weighted by Gasteiger charge is 2.45. The maximum atomic E-state index is 12.7. The van der Waals surface area contributed by atoms with Gasteiger partial charge in [-0.1, -0.05) is 18.2 Å². The molecular weight excluding hydrogens is 295 g/mol. The van der Waals surface area contributed by atoms with Gasteiger partial charge in [-0.05, 0) is 36.8 Å². The van der Waals surface area contributed by atoms with Crippen molar-refractivity contribution in [1.82, 2.24) is 5.32 Å². The van der Waals surface area contributed by atoms with Crippen LogP contribution in [0.15, 0.2) is 24.3 Å². The summed E-state index contributed by atoms with van der Waals surface area (Å²) in [5.74, 6) is -0.393. The number of hydrogen-bond donors (Lipinski definition) is 1. The molecule has 120 valence electrons. The van der Waals surface area contributed by atoms with E-state index in [-0.39, 0.29) is 23.8 Å². The Morgan fingerprint density at radius 1 is 1.32 bits per heavy atom. The summed E-state index contributed by atoms with van der Waals surface area (Å²) in [5, 5.41) is 2.94. The molecule has 1 saturated carbocycles. The Balaban J connectivity index is 1.60. The second-order valence-electron chi connectivity index (χ2n) is 5.99. The molecular formula is C16H18F3NO2. The zero-order valence-electron chi connectivity index (χ0n) is 12.0. The second-order valence-corrected chi connectivity index (χ2v) is 5.99. The molecule has 1 amide bonds. The normalized spacial score (nSPS) is 28.2. The van der Waals surface area contributed by atoms with Crippen molar-refractivity contribution >= 4 is 5.91 Å². The first-order chi connectivity index (χ1) is 10.4. The fraction of sp³-hybridized carbons (Fsp3) is 0.562. The van der Waals surface area contributed by atoms with Gasteiger partial charge in [0.1, 0.15) is 0 Å². The van der Waals surface area contributed by atoms with Crippen LogP contribution in [0.4, 0.5) is 13.2 Å². The van der Waals surface area contributed by atoms with Crippen LogP contribution in [0.1, 0.15) is 36.3 Å². The van der Waals surface area contributed by atoms with Crippen LogP contribution in [-0.4, -0.2) is 25.2 Å². The Labute approximate surface area is 126 Å². The molecule has 0 radical (unpaired) electrons. The van der Waals surface area contributed by atoms with E-state index in [1.165, 1.54) is 6.07 Å². The summed E-state index contributed by atoms with van der Waals surface area (Å²) in [4.78, 5) is 12.2.